The molecule has 1 heterocycles. The van der Waals surface area contributed by atoms with Crippen LogP contribution in [0.3, 0.4) is 0 Å². The molecule has 6 nitrogen and oxygen atoms in total. The van der Waals surface area contributed by atoms with Crippen LogP contribution in [0.1, 0.15) is 86.2 Å². The van der Waals surface area contributed by atoms with Crippen molar-refractivity contribution in [1.82, 2.24) is 4.57 Å². The molecule has 37 heavy (non-hydrogen) atoms. The summed E-state index contributed by atoms with van der Waals surface area (Å²) in [4.78, 5) is 25.9. The van der Waals surface area contributed by atoms with Gasteiger partial charge in [0, 0.05) is 41.3 Å². The summed E-state index contributed by atoms with van der Waals surface area (Å²) >= 11 is 0. The lowest BCUT2D eigenvalue weighted by molar-refractivity contribution is -0.134. The van der Waals surface area contributed by atoms with E-state index in [4.69, 9.17) is 5.26 Å². The van der Waals surface area contributed by atoms with Gasteiger partial charge in [0.05, 0.1) is 11.6 Å². The second-order valence-electron chi connectivity index (χ2n) is 10.6. The Morgan fingerprint density at radius 3 is 2.68 bits per heavy atom. The van der Waals surface area contributed by atoms with E-state index < -0.39 is 6.10 Å². The number of aliphatic hydroxyl groups excluding tert-OH is 1. The van der Waals surface area contributed by atoms with Gasteiger partial charge in [-0.3, -0.25) is 9.59 Å². The molecule has 2 unspecified atom stereocenters. The highest BCUT2D eigenvalue weighted by molar-refractivity contribution is 6.05. The molecule has 0 spiro atoms. The van der Waals surface area contributed by atoms with E-state index in [9.17, 15) is 14.7 Å². The van der Waals surface area contributed by atoms with Crippen molar-refractivity contribution in [3.63, 3.8) is 0 Å². The number of rotatable bonds is 7. The Morgan fingerprint density at radius 2 is 1.92 bits per heavy atom. The molecule has 0 saturated heterocycles. The lowest BCUT2D eigenvalue weighted by Gasteiger charge is -2.27. The number of aliphatic hydroxyl groups is 1. The number of ketones is 1. The highest BCUT2D eigenvalue weighted by Crippen LogP contribution is 2.38. The summed E-state index contributed by atoms with van der Waals surface area (Å²) in [5.41, 5.74) is 3.95. The van der Waals surface area contributed by atoms with Crippen molar-refractivity contribution in [3.05, 3.63) is 65.4 Å². The van der Waals surface area contributed by atoms with E-state index in [1.165, 1.54) is 5.56 Å². The molecular weight excluding hydrogens is 462 g/mol. The first kappa shape index (κ1) is 26.6. The smallest absolute Gasteiger partial charge is 0.255 e. The standard InChI is InChI=1S/C31H37N3O3/c1-4-20(2)29(35)30(36)23-10-6-5-9-22(12-13-23)27-19-34(3)28-15-14-25(17-26(27)28)33-31(37)24-11-7-8-21(16-24)18-32/h7-8,11,14-17,19-20,22-23,29,35H,4-6,9-10,12-13H2,1-3H3,(H,33,37)/t20-,22?,23?,29-/m0/s1. The van der Waals surface area contributed by atoms with Gasteiger partial charge < -0.3 is 15.0 Å². The van der Waals surface area contributed by atoms with Crippen molar-refractivity contribution < 1.29 is 14.7 Å². The van der Waals surface area contributed by atoms with Gasteiger partial charge in [0.25, 0.3) is 5.91 Å². The van der Waals surface area contributed by atoms with Gasteiger partial charge in [-0.15, -0.1) is 0 Å². The fraction of sp³-hybridized carbons (Fsp3) is 0.452. The molecule has 4 atom stereocenters. The number of carbonyl (C=O) groups excluding carboxylic acids is 2. The second-order valence-corrected chi connectivity index (χ2v) is 10.6. The average molecular weight is 500 g/mol. The van der Waals surface area contributed by atoms with E-state index in [2.05, 4.69) is 22.1 Å². The highest BCUT2D eigenvalue weighted by Gasteiger charge is 2.30. The monoisotopic (exact) mass is 499 g/mol. The molecule has 4 rings (SSSR count). The number of Topliss-reactive ketones (excluding diaryl/α,β-unsaturated/α-hetero) is 1. The summed E-state index contributed by atoms with van der Waals surface area (Å²) in [6, 6.07) is 14.7. The Bertz CT molecular complexity index is 1320. The number of benzene rings is 2. The average Bonchev–Trinajstić information content (AvgIpc) is 3.22. The van der Waals surface area contributed by atoms with Gasteiger partial charge in [-0.2, -0.15) is 5.26 Å². The number of hydrogen-bond acceptors (Lipinski definition) is 4. The summed E-state index contributed by atoms with van der Waals surface area (Å²) in [6.45, 7) is 3.96. The molecule has 0 bridgehead atoms. The third-order valence-corrected chi connectivity index (χ3v) is 8.07. The molecule has 1 aliphatic carbocycles. The summed E-state index contributed by atoms with van der Waals surface area (Å²) in [5, 5.41) is 23.8. The SMILES string of the molecule is CC[C@H](C)[C@H](O)C(=O)C1CCCCC(c2cn(C)c3ccc(NC(=O)c4cccc(C#N)c4)cc23)CC1. The molecule has 1 saturated carbocycles. The van der Waals surface area contributed by atoms with Crippen molar-refractivity contribution in [1.29, 1.82) is 5.26 Å². The largest absolute Gasteiger partial charge is 0.385 e. The zero-order valence-corrected chi connectivity index (χ0v) is 22.0. The first-order valence-corrected chi connectivity index (χ1v) is 13.4. The number of fused-ring (bicyclic) bond motifs is 1. The fourth-order valence-electron chi connectivity index (χ4n) is 5.57. The van der Waals surface area contributed by atoms with Gasteiger partial charge >= 0.3 is 0 Å². The number of aromatic nitrogens is 1. The van der Waals surface area contributed by atoms with Crippen LogP contribution in [0.2, 0.25) is 0 Å². The Hall–Kier alpha value is -3.43. The van der Waals surface area contributed by atoms with Crippen LogP contribution in [0.4, 0.5) is 5.69 Å². The van der Waals surface area contributed by atoms with Crippen LogP contribution in [0, 0.1) is 23.2 Å². The minimum Gasteiger partial charge on any atom is -0.385 e. The number of nitriles is 1. The number of carbonyl (C=O) groups is 2. The Kier molecular flexibility index (Phi) is 8.45. The van der Waals surface area contributed by atoms with E-state index in [0.717, 1.165) is 55.8 Å². The number of hydrogen-bond donors (Lipinski definition) is 2. The summed E-state index contributed by atoms with van der Waals surface area (Å²) < 4.78 is 2.13. The van der Waals surface area contributed by atoms with E-state index >= 15 is 0 Å². The predicted octanol–water partition coefficient (Wildman–Crippen LogP) is 6.33. The maximum atomic E-state index is 13.0. The molecule has 1 aromatic heterocycles. The Balaban J connectivity index is 1.55. The van der Waals surface area contributed by atoms with E-state index in [-0.39, 0.29) is 23.5 Å². The molecule has 1 amide bonds. The maximum Gasteiger partial charge on any atom is 0.255 e. The molecule has 6 heteroatoms. The van der Waals surface area contributed by atoms with Gasteiger partial charge in [-0.1, -0.05) is 39.2 Å². The number of nitrogens with one attached hydrogen (secondary N) is 1. The van der Waals surface area contributed by atoms with Crippen LogP contribution in [0.5, 0.6) is 0 Å². The van der Waals surface area contributed by atoms with Crippen LogP contribution in [-0.4, -0.2) is 27.5 Å². The predicted molar refractivity (Wildman–Crippen MR) is 146 cm³/mol. The number of amides is 1. The minimum atomic E-state index is -0.870. The quantitative estimate of drug-likeness (QED) is 0.397. The third-order valence-electron chi connectivity index (χ3n) is 8.07. The summed E-state index contributed by atoms with van der Waals surface area (Å²) in [6.07, 6.45) is 7.77. The Labute approximate surface area is 219 Å². The van der Waals surface area contributed by atoms with Crippen LogP contribution < -0.4 is 5.32 Å². The van der Waals surface area contributed by atoms with Crippen LogP contribution in [0.15, 0.2) is 48.7 Å². The zero-order valence-electron chi connectivity index (χ0n) is 22.0. The topological polar surface area (TPSA) is 95.1 Å². The molecule has 1 fully saturated rings. The molecule has 1 aliphatic rings. The molecule has 0 aliphatic heterocycles. The lowest BCUT2D eigenvalue weighted by atomic mass is 9.78. The molecule has 2 N–H and O–H groups in total. The molecule has 3 aromatic rings. The van der Waals surface area contributed by atoms with Crippen LogP contribution in [0.25, 0.3) is 10.9 Å². The van der Waals surface area contributed by atoms with E-state index in [1.807, 2.05) is 39.1 Å². The summed E-state index contributed by atoms with van der Waals surface area (Å²) in [5.74, 6) is -0.0126. The van der Waals surface area contributed by atoms with Gasteiger partial charge in [-0.05, 0) is 79.5 Å². The normalized spacial score (nSPS) is 19.9. The Morgan fingerprint density at radius 1 is 1.14 bits per heavy atom. The van der Waals surface area contributed by atoms with Gasteiger partial charge in [-0.25, -0.2) is 0 Å². The van der Waals surface area contributed by atoms with Crippen molar-refractivity contribution in [2.45, 2.75) is 70.8 Å². The van der Waals surface area contributed by atoms with Crippen LogP contribution >= 0.6 is 0 Å². The number of aryl methyl sites for hydroxylation is 1. The van der Waals surface area contributed by atoms with Gasteiger partial charge in [0.1, 0.15) is 6.10 Å². The number of anilines is 1. The van der Waals surface area contributed by atoms with Crippen molar-refractivity contribution in [2.75, 3.05) is 5.32 Å². The van der Waals surface area contributed by atoms with E-state index in [1.54, 1.807) is 24.3 Å². The highest BCUT2D eigenvalue weighted by atomic mass is 16.3. The first-order chi connectivity index (χ1) is 17.8. The number of nitrogens with zero attached hydrogens (tertiary/aromatic N) is 2. The molecular formula is C31H37N3O3. The zero-order chi connectivity index (χ0) is 26.5. The van der Waals surface area contributed by atoms with Crippen molar-refractivity contribution >= 4 is 28.3 Å². The second kappa shape index (κ2) is 11.7. The van der Waals surface area contributed by atoms with Crippen LogP contribution in [-0.2, 0) is 11.8 Å². The molecule has 0 radical (unpaired) electrons. The van der Waals surface area contributed by atoms with Crippen molar-refractivity contribution in [2.24, 2.45) is 18.9 Å². The van der Waals surface area contributed by atoms with Gasteiger partial charge in [0.2, 0.25) is 0 Å². The minimum absolute atomic E-state index is 0.0113. The molecule has 2 aromatic carbocycles. The maximum absolute atomic E-state index is 13.0. The van der Waals surface area contributed by atoms with Gasteiger partial charge in [0.15, 0.2) is 5.78 Å². The molecule has 194 valence electrons. The lowest BCUT2D eigenvalue weighted by Crippen LogP contribution is -2.33. The third kappa shape index (κ3) is 5.94. The first-order valence-electron chi connectivity index (χ1n) is 13.4. The van der Waals surface area contributed by atoms with Crippen molar-refractivity contribution in [3.8, 4) is 6.07 Å². The van der Waals surface area contributed by atoms with E-state index in [0.29, 0.717) is 22.7 Å². The summed E-state index contributed by atoms with van der Waals surface area (Å²) in [7, 11) is 2.04. The fourth-order valence-corrected chi connectivity index (χ4v) is 5.57.